The highest BCUT2D eigenvalue weighted by molar-refractivity contribution is 9.10. The summed E-state index contributed by atoms with van der Waals surface area (Å²) in [5.41, 5.74) is 4.48. The molecule has 0 spiro atoms. The van der Waals surface area contributed by atoms with Crippen molar-refractivity contribution in [2.75, 3.05) is 5.32 Å². The van der Waals surface area contributed by atoms with Crippen LogP contribution in [0.2, 0.25) is 5.02 Å². The molecule has 0 aliphatic heterocycles. The van der Waals surface area contributed by atoms with Crippen LogP contribution in [0.5, 0.6) is 11.5 Å². The maximum atomic E-state index is 12.7. The fourth-order valence-corrected chi connectivity index (χ4v) is 4.10. The molecule has 0 heterocycles. The third kappa shape index (κ3) is 7.72. The number of rotatable bonds is 9. The van der Waals surface area contributed by atoms with Gasteiger partial charge in [-0.2, -0.15) is 5.26 Å². The summed E-state index contributed by atoms with van der Waals surface area (Å²) in [6.07, 6.45) is 1.53. The Morgan fingerprint density at radius 2 is 1.55 bits per heavy atom. The van der Waals surface area contributed by atoms with E-state index in [0.717, 1.165) is 11.1 Å². The van der Waals surface area contributed by atoms with Gasteiger partial charge in [-0.05, 0) is 94.2 Å². The number of nitrogens with zero attached hydrogens (tertiary/aromatic N) is 1. The Bertz CT molecular complexity index is 1480. The van der Waals surface area contributed by atoms with E-state index in [1.165, 1.54) is 11.6 Å². The van der Waals surface area contributed by atoms with E-state index in [1.54, 1.807) is 42.5 Å². The van der Waals surface area contributed by atoms with Crippen LogP contribution in [0, 0.1) is 18.3 Å². The van der Waals surface area contributed by atoms with Crippen molar-refractivity contribution in [1.29, 1.82) is 5.26 Å². The molecule has 7 heteroatoms. The minimum Gasteiger partial charge on any atom is -0.489 e. The quantitative estimate of drug-likeness (QED) is 0.159. The van der Waals surface area contributed by atoms with Gasteiger partial charge in [0.1, 0.15) is 36.4 Å². The molecule has 4 aromatic carbocycles. The first kappa shape index (κ1) is 27.0. The molecule has 0 bridgehead atoms. The third-order valence-corrected chi connectivity index (χ3v) is 6.45. The van der Waals surface area contributed by atoms with Gasteiger partial charge in [-0.3, -0.25) is 4.79 Å². The summed E-state index contributed by atoms with van der Waals surface area (Å²) >= 11 is 9.42. The molecule has 0 atom stereocenters. The minimum atomic E-state index is -0.500. The number of anilines is 1. The van der Waals surface area contributed by atoms with Gasteiger partial charge < -0.3 is 14.8 Å². The fraction of sp³-hybridized carbons (Fsp3) is 0.0968. The van der Waals surface area contributed by atoms with Crippen molar-refractivity contribution in [3.05, 3.63) is 128 Å². The van der Waals surface area contributed by atoms with Crippen molar-refractivity contribution < 1.29 is 14.3 Å². The number of carbonyl (C=O) groups is 1. The Morgan fingerprint density at radius 3 is 2.18 bits per heavy atom. The SMILES string of the molecule is Cc1ccc(COc2ccc(NC(=O)/C(C#N)=C/c3ccc(OCc4ccc(Cl)cc4)c(Br)c3)cc2)cc1. The summed E-state index contributed by atoms with van der Waals surface area (Å²) in [5.74, 6) is 0.826. The van der Waals surface area contributed by atoms with Crippen molar-refractivity contribution in [2.45, 2.75) is 20.1 Å². The highest BCUT2D eigenvalue weighted by Crippen LogP contribution is 2.28. The van der Waals surface area contributed by atoms with Crippen LogP contribution in [-0.2, 0) is 18.0 Å². The normalized spacial score (nSPS) is 10.9. The Kier molecular flexibility index (Phi) is 9.21. The van der Waals surface area contributed by atoms with Gasteiger partial charge in [0, 0.05) is 10.7 Å². The molecule has 0 saturated carbocycles. The van der Waals surface area contributed by atoms with E-state index in [1.807, 2.05) is 61.5 Å². The topological polar surface area (TPSA) is 71.3 Å². The Labute approximate surface area is 235 Å². The van der Waals surface area contributed by atoms with E-state index in [2.05, 4.69) is 21.2 Å². The second-order valence-electron chi connectivity index (χ2n) is 8.53. The lowest BCUT2D eigenvalue weighted by Gasteiger charge is -2.10. The molecule has 0 unspecified atom stereocenters. The Hall–Kier alpha value is -4.05. The molecule has 0 aliphatic carbocycles. The van der Waals surface area contributed by atoms with Crippen molar-refractivity contribution in [3.8, 4) is 17.6 Å². The van der Waals surface area contributed by atoms with Gasteiger partial charge in [0.15, 0.2) is 0 Å². The van der Waals surface area contributed by atoms with Crippen LogP contribution in [0.3, 0.4) is 0 Å². The molecule has 1 N–H and O–H groups in total. The lowest BCUT2D eigenvalue weighted by molar-refractivity contribution is -0.112. The van der Waals surface area contributed by atoms with Gasteiger partial charge in [-0.1, -0.05) is 59.6 Å². The number of hydrogen-bond donors (Lipinski definition) is 1. The maximum Gasteiger partial charge on any atom is 0.266 e. The first-order chi connectivity index (χ1) is 18.4. The zero-order chi connectivity index (χ0) is 26.9. The number of aryl methyl sites for hydroxylation is 1. The number of hydrogen-bond acceptors (Lipinski definition) is 4. The molecule has 0 fully saturated rings. The molecule has 0 aromatic heterocycles. The molecule has 5 nitrogen and oxygen atoms in total. The number of benzene rings is 4. The molecule has 0 aliphatic rings. The smallest absolute Gasteiger partial charge is 0.266 e. The first-order valence-corrected chi connectivity index (χ1v) is 12.9. The molecule has 0 saturated heterocycles. The lowest BCUT2D eigenvalue weighted by atomic mass is 10.1. The fourth-order valence-electron chi connectivity index (χ4n) is 3.46. The summed E-state index contributed by atoms with van der Waals surface area (Å²) < 4.78 is 12.4. The largest absolute Gasteiger partial charge is 0.489 e. The minimum absolute atomic E-state index is 0.0218. The Morgan fingerprint density at radius 1 is 0.921 bits per heavy atom. The number of carbonyl (C=O) groups excluding carboxylic acids is 1. The van der Waals surface area contributed by atoms with E-state index in [-0.39, 0.29) is 5.57 Å². The predicted molar refractivity (Wildman–Crippen MR) is 154 cm³/mol. The third-order valence-electron chi connectivity index (χ3n) is 5.58. The second kappa shape index (κ2) is 13.0. The maximum absolute atomic E-state index is 12.7. The van der Waals surface area contributed by atoms with Crippen LogP contribution in [0.4, 0.5) is 5.69 Å². The molecule has 190 valence electrons. The average Bonchev–Trinajstić information content (AvgIpc) is 2.92. The first-order valence-electron chi connectivity index (χ1n) is 11.8. The summed E-state index contributed by atoms with van der Waals surface area (Å²) in [4.78, 5) is 12.7. The van der Waals surface area contributed by atoms with Gasteiger partial charge in [0.25, 0.3) is 5.91 Å². The highest BCUT2D eigenvalue weighted by Gasteiger charge is 2.11. The number of amides is 1. The van der Waals surface area contributed by atoms with Crippen LogP contribution in [0.25, 0.3) is 6.08 Å². The van der Waals surface area contributed by atoms with Gasteiger partial charge in [-0.15, -0.1) is 0 Å². The van der Waals surface area contributed by atoms with Gasteiger partial charge >= 0.3 is 0 Å². The molecule has 38 heavy (non-hydrogen) atoms. The number of nitriles is 1. The van der Waals surface area contributed by atoms with Crippen LogP contribution in [0.15, 0.2) is 101 Å². The van der Waals surface area contributed by atoms with Crippen LogP contribution >= 0.6 is 27.5 Å². The van der Waals surface area contributed by atoms with Crippen molar-refractivity contribution in [2.24, 2.45) is 0 Å². The standard InChI is InChI=1S/C31H24BrClN2O3/c1-21-2-4-22(5-3-21)19-37-28-13-11-27(12-14-28)35-31(36)25(18-34)16-24-8-15-30(29(32)17-24)38-20-23-6-9-26(33)10-7-23/h2-17H,19-20H2,1H3,(H,35,36)/b25-16+. The molecule has 4 rings (SSSR count). The summed E-state index contributed by atoms with van der Waals surface area (Å²) in [6.45, 7) is 2.88. The molecule has 4 aromatic rings. The monoisotopic (exact) mass is 586 g/mol. The van der Waals surface area contributed by atoms with Crippen molar-refractivity contribution in [3.63, 3.8) is 0 Å². The number of halogens is 2. The van der Waals surface area contributed by atoms with Gasteiger partial charge in [0.05, 0.1) is 4.47 Å². The van der Waals surface area contributed by atoms with Crippen LogP contribution in [-0.4, -0.2) is 5.91 Å². The lowest BCUT2D eigenvalue weighted by Crippen LogP contribution is -2.13. The molecule has 1 amide bonds. The van der Waals surface area contributed by atoms with Crippen molar-refractivity contribution >= 4 is 45.2 Å². The number of nitrogens with one attached hydrogen (secondary N) is 1. The van der Waals surface area contributed by atoms with Crippen molar-refractivity contribution in [1.82, 2.24) is 0 Å². The van der Waals surface area contributed by atoms with E-state index >= 15 is 0 Å². The highest BCUT2D eigenvalue weighted by atomic mass is 79.9. The summed E-state index contributed by atoms with van der Waals surface area (Å²) in [6, 6.07) is 29.9. The predicted octanol–water partition coefficient (Wildman–Crippen LogP) is 8.11. The van der Waals surface area contributed by atoms with Crippen LogP contribution < -0.4 is 14.8 Å². The van der Waals surface area contributed by atoms with E-state index in [9.17, 15) is 10.1 Å². The molecular weight excluding hydrogens is 564 g/mol. The van der Waals surface area contributed by atoms with E-state index in [4.69, 9.17) is 21.1 Å². The molecular formula is C31H24BrClN2O3. The van der Waals surface area contributed by atoms with Gasteiger partial charge in [0.2, 0.25) is 0 Å². The molecule has 0 radical (unpaired) electrons. The zero-order valence-corrected chi connectivity index (χ0v) is 22.9. The summed E-state index contributed by atoms with van der Waals surface area (Å²) in [7, 11) is 0. The average molecular weight is 588 g/mol. The number of ether oxygens (including phenoxy) is 2. The Balaban J connectivity index is 1.34. The van der Waals surface area contributed by atoms with E-state index < -0.39 is 5.91 Å². The second-order valence-corrected chi connectivity index (χ2v) is 9.82. The zero-order valence-electron chi connectivity index (χ0n) is 20.6. The van der Waals surface area contributed by atoms with E-state index in [0.29, 0.717) is 45.5 Å². The van der Waals surface area contributed by atoms with Gasteiger partial charge in [-0.25, -0.2) is 0 Å². The van der Waals surface area contributed by atoms with Crippen LogP contribution in [0.1, 0.15) is 22.3 Å². The summed E-state index contributed by atoms with van der Waals surface area (Å²) in [5, 5.41) is 13.0.